The number of carbonyl (C=O) groups excluding carboxylic acids is 2. The fourth-order valence-electron chi connectivity index (χ4n) is 4.57. The number of ether oxygens (including phenoxy) is 1. The van der Waals surface area contributed by atoms with Crippen LogP contribution in [0.3, 0.4) is 0 Å². The molecule has 2 aromatic rings. The maximum atomic E-state index is 13.1. The normalized spacial score (nSPS) is 14.5. The van der Waals surface area contributed by atoms with Crippen molar-refractivity contribution in [3.63, 3.8) is 0 Å². The first-order valence-electron chi connectivity index (χ1n) is 14.4. The summed E-state index contributed by atoms with van der Waals surface area (Å²) in [4.78, 5) is 25.8. The lowest BCUT2D eigenvalue weighted by atomic mass is 9.83. The summed E-state index contributed by atoms with van der Waals surface area (Å²) in [6, 6.07) is 16.6. The number of benzene rings is 2. The molecular weight excluding hydrogens is 490 g/mol. The zero-order valence-corrected chi connectivity index (χ0v) is 24.4. The summed E-state index contributed by atoms with van der Waals surface area (Å²) in [7, 11) is 0. The van der Waals surface area contributed by atoms with Crippen LogP contribution in [-0.2, 0) is 11.4 Å². The minimum Gasteiger partial charge on any atom is -0.488 e. The number of hydrogen-bond acceptors (Lipinski definition) is 5. The second-order valence-corrected chi connectivity index (χ2v) is 11.2. The van der Waals surface area contributed by atoms with Gasteiger partial charge in [0.2, 0.25) is 5.91 Å². The lowest BCUT2D eigenvalue weighted by molar-refractivity contribution is -0.127. The van der Waals surface area contributed by atoms with Crippen LogP contribution in [0.4, 0.5) is 0 Å². The van der Waals surface area contributed by atoms with E-state index >= 15 is 0 Å². The van der Waals surface area contributed by atoms with Gasteiger partial charge in [-0.05, 0) is 54.7 Å². The topological polar surface area (TPSA) is 114 Å². The van der Waals surface area contributed by atoms with Gasteiger partial charge in [0, 0.05) is 25.0 Å². The molecule has 0 aliphatic heterocycles. The minimum atomic E-state index is -0.807. The van der Waals surface area contributed by atoms with E-state index in [4.69, 9.17) is 10.5 Å². The van der Waals surface area contributed by atoms with E-state index in [1.807, 2.05) is 56.3 Å². The highest BCUT2D eigenvalue weighted by atomic mass is 16.5. The van der Waals surface area contributed by atoms with Gasteiger partial charge >= 0.3 is 0 Å². The van der Waals surface area contributed by atoms with Crippen LogP contribution in [0.5, 0.6) is 5.75 Å². The first kappa shape index (κ1) is 32.3. The molecule has 0 heterocycles. The molecule has 0 spiro atoms. The average molecular weight is 540 g/mol. The van der Waals surface area contributed by atoms with E-state index in [1.54, 1.807) is 12.1 Å². The summed E-state index contributed by atoms with van der Waals surface area (Å²) in [5.74, 6) is 0.403. The average Bonchev–Trinajstić information content (AvgIpc) is 2.92. The van der Waals surface area contributed by atoms with Gasteiger partial charge in [-0.3, -0.25) is 9.59 Å². The van der Waals surface area contributed by atoms with Crippen LogP contribution in [0, 0.1) is 23.7 Å². The molecule has 0 aliphatic carbocycles. The Morgan fingerprint density at radius 2 is 1.59 bits per heavy atom. The predicted molar refractivity (Wildman–Crippen MR) is 157 cm³/mol. The van der Waals surface area contributed by atoms with E-state index < -0.39 is 12.1 Å². The number of nitrogens with two attached hydrogens (primary N) is 1. The number of aliphatic hydroxyl groups excluding tert-OH is 1. The number of unbranched alkanes of at least 4 members (excludes halogenated alkanes) is 1. The van der Waals surface area contributed by atoms with Crippen LogP contribution >= 0.6 is 0 Å². The Morgan fingerprint density at radius 1 is 0.923 bits per heavy atom. The molecule has 216 valence electrons. The zero-order chi connectivity index (χ0) is 28.8. The van der Waals surface area contributed by atoms with Crippen LogP contribution in [0.15, 0.2) is 54.6 Å². The second kappa shape index (κ2) is 16.9. The molecule has 0 fully saturated rings. The molecule has 4 atom stereocenters. The van der Waals surface area contributed by atoms with Gasteiger partial charge in [-0.15, -0.1) is 0 Å². The number of rotatable bonds is 17. The van der Waals surface area contributed by atoms with Crippen LogP contribution < -0.4 is 21.1 Å². The van der Waals surface area contributed by atoms with Crippen molar-refractivity contribution in [2.45, 2.75) is 79.1 Å². The highest BCUT2D eigenvalue weighted by Gasteiger charge is 2.29. The fourth-order valence-corrected chi connectivity index (χ4v) is 4.57. The third-order valence-corrected chi connectivity index (χ3v) is 7.37. The van der Waals surface area contributed by atoms with Gasteiger partial charge < -0.3 is 26.2 Å². The van der Waals surface area contributed by atoms with E-state index in [-0.39, 0.29) is 35.5 Å². The van der Waals surface area contributed by atoms with Crippen LogP contribution in [0.1, 0.15) is 76.2 Å². The van der Waals surface area contributed by atoms with E-state index in [0.717, 1.165) is 18.4 Å². The van der Waals surface area contributed by atoms with Gasteiger partial charge in [0.15, 0.2) is 0 Å². The summed E-state index contributed by atoms with van der Waals surface area (Å²) in [5.41, 5.74) is 7.96. The largest absolute Gasteiger partial charge is 0.488 e. The second-order valence-electron chi connectivity index (χ2n) is 11.2. The van der Waals surface area contributed by atoms with E-state index in [1.165, 1.54) is 0 Å². The Bertz CT molecular complexity index is 996. The smallest absolute Gasteiger partial charge is 0.255 e. The maximum absolute atomic E-state index is 13.1. The minimum absolute atomic E-state index is 0.0227. The van der Waals surface area contributed by atoms with E-state index in [2.05, 4.69) is 31.4 Å². The number of carbonyl (C=O) groups is 2. The van der Waals surface area contributed by atoms with Crippen molar-refractivity contribution < 1.29 is 19.4 Å². The molecule has 0 aromatic heterocycles. The molecule has 0 radical (unpaired) electrons. The third kappa shape index (κ3) is 11.0. The number of hydrogen-bond donors (Lipinski definition) is 4. The first-order valence-corrected chi connectivity index (χ1v) is 14.4. The van der Waals surface area contributed by atoms with Crippen molar-refractivity contribution in [3.8, 4) is 5.75 Å². The van der Waals surface area contributed by atoms with Crippen molar-refractivity contribution in [2.24, 2.45) is 29.4 Å². The van der Waals surface area contributed by atoms with Crippen molar-refractivity contribution in [1.82, 2.24) is 10.6 Å². The van der Waals surface area contributed by atoms with Gasteiger partial charge in [0.05, 0.1) is 11.7 Å². The van der Waals surface area contributed by atoms with Gasteiger partial charge in [-0.2, -0.15) is 0 Å². The molecule has 0 bridgehead atoms. The van der Waals surface area contributed by atoms with Crippen molar-refractivity contribution in [1.29, 1.82) is 0 Å². The Hall–Kier alpha value is -2.90. The van der Waals surface area contributed by atoms with Crippen LogP contribution in [0.2, 0.25) is 0 Å². The molecule has 7 heteroatoms. The van der Waals surface area contributed by atoms with Gasteiger partial charge in [0.1, 0.15) is 12.4 Å². The zero-order valence-electron chi connectivity index (χ0n) is 24.4. The quantitative estimate of drug-likeness (QED) is 0.213. The molecule has 4 unspecified atom stereocenters. The van der Waals surface area contributed by atoms with Crippen LogP contribution in [0.25, 0.3) is 0 Å². The molecule has 2 aromatic carbocycles. The summed E-state index contributed by atoms with van der Waals surface area (Å²) >= 11 is 0. The number of aliphatic hydroxyl groups is 1. The first-order chi connectivity index (χ1) is 18.6. The van der Waals surface area contributed by atoms with Gasteiger partial charge in [-0.25, -0.2) is 0 Å². The molecule has 0 aliphatic rings. The summed E-state index contributed by atoms with van der Waals surface area (Å²) in [6.45, 7) is 11.7. The van der Waals surface area contributed by atoms with Crippen molar-refractivity contribution >= 4 is 11.8 Å². The number of para-hydroxylation sites is 1. The highest BCUT2D eigenvalue weighted by molar-refractivity contribution is 5.96. The monoisotopic (exact) mass is 539 g/mol. The standard InChI is InChI=1S/C32H49N3O4/c1-6-7-17-34-32(38)27(23(4)5)19-29(36)28(33)18-25(22(2)3)20-35-31(37)26-15-11-12-16-30(26)39-21-24-13-9-8-10-14-24/h8-16,22-23,25,27-29,36H,6-7,17-21,33H2,1-5H3,(H,34,38)(H,35,37). The van der Waals surface area contributed by atoms with Gasteiger partial charge in [-0.1, -0.05) is 83.5 Å². The van der Waals surface area contributed by atoms with Gasteiger partial charge in [0.25, 0.3) is 5.91 Å². The predicted octanol–water partition coefficient (Wildman–Crippen LogP) is 4.92. The molecule has 39 heavy (non-hydrogen) atoms. The fraction of sp³-hybridized carbons (Fsp3) is 0.562. The number of nitrogens with one attached hydrogen (secondary N) is 2. The summed E-state index contributed by atoms with van der Waals surface area (Å²) in [6.07, 6.45) is 2.00. The molecule has 5 N–H and O–H groups in total. The highest BCUT2D eigenvalue weighted by Crippen LogP contribution is 2.24. The Kier molecular flexibility index (Phi) is 14.0. The molecule has 7 nitrogen and oxygen atoms in total. The molecular formula is C32H49N3O4. The molecule has 2 rings (SSSR count). The maximum Gasteiger partial charge on any atom is 0.255 e. The Labute approximate surface area is 234 Å². The SMILES string of the molecule is CCCCNC(=O)C(CC(O)C(N)CC(CNC(=O)c1ccccc1OCc1ccccc1)C(C)C)C(C)C. The van der Waals surface area contributed by atoms with Crippen molar-refractivity contribution in [3.05, 3.63) is 65.7 Å². The van der Waals surface area contributed by atoms with Crippen molar-refractivity contribution in [2.75, 3.05) is 13.1 Å². The number of amides is 2. The van der Waals surface area contributed by atoms with Crippen LogP contribution in [-0.4, -0.2) is 42.2 Å². The molecule has 2 amide bonds. The third-order valence-electron chi connectivity index (χ3n) is 7.37. The lowest BCUT2D eigenvalue weighted by Crippen LogP contribution is -2.44. The molecule has 0 saturated carbocycles. The summed E-state index contributed by atoms with van der Waals surface area (Å²) in [5, 5.41) is 17.0. The summed E-state index contributed by atoms with van der Waals surface area (Å²) < 4.78 is 5.95. The Balaban J connectivity index is 1.95. The van der Waals surface area contributed by atoms with E-state index in [0.29, 0.717) is 43.9 Å². The molecule has 0 saturated heterocycles. The van der Waals surface area contributed by atoms with E-state index in [9.17, 15) is 14.7 Å². The Morgan fingerprint density at radius 3 is 2.23 bits per heavy atom. The lowest BCUT2D eigenvalue weighted by Gasteiger charge is -2.30.